The SMILES string of the molecule is Cc1ccc2nc(Sc3ccc4scnc4c3N)[nH]c2c1. The summed E-state index contributed by atoms with van der Waals surface area (Å²) in [4.78, 5) is 13.2. The van der Waals surface area contributed by atoms with Crippen LogP contribution in [0.5, 0.6) is 0 Å². The van der Waals surface area contributed by atoms with Crippen LogP contribution in [0.15, 0.2) is 45.9 Å². The molecule has 3 N–H and O–H groups in total. The van der Waals surface area contributed by atoms with Crippen molar-refractivity contribution in [1.29, 1.82) is 0 Å². The Labute approximate surface area is 129 Å². The topological polar surface area (TPSA) is 67.6 Å². The molecule has 0 saturated carbocycles. The quantitative estimate of drug-likeness (QED) is 0.544. The Morgan fingerprint density at radius 1 is 1.24 bits per heavy atom. The van der Waals surface area contributed by atoms with Crippen LogP contribution in [0.1, 0.15) is 5.56 Å². The normalized spacial score (nSPS) is 11.5. The molecule has 0 fully saturated rings. The van der Waals surface area contributed by atoms with Gasteiger partial charge in [0.1, 0.15) is 5.52 Å². The van der Waals surface area contributed by atoms with Crippen molar-refractivity contribution in [3.8, 4) is 0 Å². The minimum absolute atomic E-state index is 0.718. The van der Waals surface area contributed by atoms with Crippen molar-refractivity contribution in [3.05, 3.63) is 41.4 Å². The number of hydrogen-bond donors (Lipinski definition) is 2. The van der Waals surface area contributed by atoms with Gasteiger partial charge in [-0.15, -0.1) is 11.3 Å². The van der Waals surface area contributed by atoms with Gasteiger partial charge in [-0.2, -0.15) is 0 Å². The maximum absolute atomic E-state index is 6.21. The average molecular weight is 312 g/mol. The standard InChI is InChI=1S/C15H12N4S2/c1-8-2-3-9-10(6-8)19-15(18-9)21-11-4-5-12-14(13(11)16)17-7-20-12/h2-7H,16H2,1H3,(H,18,19). The van der Waals surface area contributed by atoms with Crippen LogP contribution in [-0.2, 0) is 0 Å². The van der Waals surface area contributed by atoms with Crippen molar-refractivity contribution in [2.24, 2.45) is 0 Å². The third-order valence-corrected chi connectivity index (χ3v) is 5.08. The van der Waals surface area contributed by atoms with Crippen LogP contribution in [0.25, 0.3) is 21.3 Å². The van der Waals surface area contributed by atoms with E-state index in [4.69, 9.17) is 5.73 Å². The molecule has 4 aromatic rings. The van der Waals surface area contributed by atoms with Crippen LogP contribution in [0.4, 0.5) is 5.69 Å². The molecule has 2 heterocycles. The van der Waals surface area contributed by atoms with Gasteiger partial charge in [0.05, 0.1) is 26.9 Å². The van der Waals surface area contributed by atoms with Crippen molar-refractivity contribution in [2.45, 2.75) is 17.0 Å². The Hall–Kier alpha value is -2.05. The molecule has 0 aliphatic rings. The molecule has 2 aromatic carbocycles. The molecule has 0 aliphatic carbocycles. The number of thiazole rings is 1. The van der Waals surface area contributed by atoms with Gasteiger partial charge < -0.3 is 10.7 Å². The number of hydrogen-bond acceptors (Lipinski definition) is 5. The first-order valence-corrected chi connectivity index (χ1v) is 8.16. The Balaban J connectivity index is 1.76. The number of rotatable bonds is 2. The zero-order valence-electron chi connectivity index (χ0n) is 11.3. The van der Waals surface area contributed by atoms with Gasteiger partial charge in [-0.3, -0.25) is 0 Å². The summed E-state index contributed by atoms with van der Waals surface area (Å²) in [6.45, 7) is 2.07. The predicted molar refractivity (Wildman–Crippen MR) is 89.0 cm³/mol. The van der Waals surface area contributed by atoms with Gasteiger partial charge in [0.15, 0.2) is 5.16 Å². The minimum Gasteiger partial charge on any atom is -0.396 e. The Kier molecular flexibility index (Phi) is 2.87. The van der Waals surface area contributed by atoms with Gasteiger partial charge in [0, 0.05) is 4.90 Å². The number of benzene rings is 2. The highest BCUT2D eigenvalue weighted by Crippen LogP contribution is 2.36. The van der Waals surface area contributed by atoms with E-state index in [0.29, 0.717) is 0 Å². The average Bonchev–Trinajstić information content (AvgIpc) is 3.07. The molecular formula is C15H12N4S2. The second-order valence-electron chi connectivity index (χ2n) is 4.84. The lowest BCUT2D eigenvalue weighted by Gasteiger charge is -2.03. The number of nitrogens with two attached hydrogens (primary N) is 1. The van der Waals surface area contributed by atoms with Crippen LogP contribution >= 0.6 is 23.1 Å². The molecule has 0 amide bonds. The molecule has 0 atom stereocenters. The largest absolute Gasteiger partial charge is 0.396 e. The highest BCUT2D eigenvalue weighted by molar-refractivity contribution is 7.99. The van der Waals surface area contributed by atoms with E-state index < -0.39 is 0 Å². The van der Waals surface area contributed by atoms with E-state index in [1.807, 2.05) is 17.6 Å². The maximum atomic E-state index is 6.21. The first-order chi connectivity index (χ1) is 10.2. The summed E-state index contributed by atoms with van der Waals surface area (Å²) in [5.41, 5.74) is 12.9. The molecule has 0 unspecified atom stereocenters. The number of nitrogens with zero attached hydrogens (tertiary/aromatic N) is 2. The molecule has 0 radical (unpaired) electrons. The number of aromatic nitrogens is 3. The number of H-pyrrole nitrogens is 1. The minimum atomic E-state index is 0.718. The zero-order chi connectivity index (χ0) is 14.4. The maximum Gasteiger partial charge on any atom is 0.171 e. The van der Waals surface area contributed by atoms with Crippen molar-refractivity contribution in [2.75, 3.05) is 5.73 Å². The summed E-state index contributed by atoms with van der Waals surface area (Å²) in [5, 5.41) is 0.844. The molecule has 2 aromatic heterocycles. The Morgan fingerprint density at radius 2 is 2.14 bits per heavy atom. The zero-order valence-corrected chi connectivity index (χ0v) is 12.9. The lowest BCUT2D eigenvalue weighted by Crippen LogP contribution is -1.90. The van der Waals surface area contributed by atoms with E-state index in [9.17, 15) is 0 Å². The molecular weight excluding hydrogens is 300 g/mol. The second-order valence-corrected chi connectivity index (χ2v) is 6.76. The number of anilines is 1. The van der Waals surface area contributed by atoms with E-state index in [1.54, 1.807) is 11.3 Å². The summed E-state index contributed by atoms with van der Waals surface area (Å²) in [6, 6.07) is 10.3. The first-order valence-electron chi connectivity index (χ1n) is 6.46. The molecule has 0 spiro atoms. The second kappa shape index (κ2) is 4.75. The summed E-state index contributed by atoms with van der Waals surface area (Å²) in [6.07, 6.45) is 0. The fourth-order valence-corrected chi connectivity index (χ4v) is 3.82. The van der Waals surface area contributed by atoms with Gasteiger partial charge in [0.25, 0.3) is 0 Å². The Morgan fingerprint density at radius 3 is 3.05 bits per heavy atom. The fraction of sp³-hybridized carbons (Fsp3) is 0.0667. The summed E-state index contributed by atoms with van der Waals surface area (Å²) < 4.78 is 1.11. The molecule has 0 aliphatic heterocycles. The van der Waals surface area contributed by atoms with E-state index in [-0.39, 0.29) is 0 Å². The number of aromatic amines is 1. The van der Waals surface area contributed by atoms with Gasteiger partial charge >= 0.3 is 0 Å². The van der Waals surface area contributed by atoms with Crippen molar-refractivity contribution < 1.29 is 0 Å². The summed E-state index contributed by atoms with van der Waals surface area (Å²) >= 11 is 3.14. The molecule has 4 rings (SSSR count). The summed E-state index contributed by atoms with van der Waals surface area (Å²) in [7, 11) is 0. The highest BCUT2D eigenvalue weighted by Gasteiger charge is 2.11. The van der Waals surface area contributed by atoms with Crippen LogP contribution in [-0.4, -0.2) is 15.0 Å². The number of imidazole rings is 1. The van der Waals surface area contributed by atoms with Crippen molar-refractivity contribution >= 4 is 50.0 Å². The number of fused-ring (bicyclic) bond motifs is 2. The number of nitrogens with one attached hydrogen (secondary N) is 1. The van der Waals surface area contributed by atoms with Gasteiger partial charge in [-0.1, -0.05) is 6.07 Å². The first kappa shape index (κ1) is 12.7. The molecule has 6 heteroatoms. The Bertz CT molecular complexity index is 955. The van der Waals surface area contributed by atoms with Crippen LogP contribution in [0.2, 0.25) is 0 Å². The van der Waals surface area contributed by atoms with Gasteiger partial charge in [-0.05, 0) is 48.5 Å². The smallest absolute Gasteiger partial charge is 0.171 e. The molecule has 4 nitrogen and oxygen atoms in total. The van der Waals surface area contributed by atoms with E-state index in [0.717, 1.165) is 37.0 Å². The third-order valence-electron chi connectivity index (χ3n) is 3.32. The lowest BCUT2D eigenvalue weighted by atomic mass is 10.2. The predicted octanol–water partition coefficient (Wildman–Crippen LogP) is 4.21. The van der Waals surface area contributed by atoms with E-state index in [1.165, 1.54) is 17.3 Å². The molecule has 21 heavy (non-hydrogen) atoms. The molecule has 0 saturated heterocycles. The third kappa shape index (κ3) is 2.16. The van der Waals surface area contributed by atoms with Gasteiger partial charge in [-0.25, -0.2) is 9.97 Å². The summed E-state index contributed by atoms with van der Waals surface area (Å²) in [5.74, 6) is 0. The number of aryl methyl sites for hydroxylation is 1. The van der Waals surface area contributed by atoms with Crippen LogP contribution < -0.4 is 5.73 Å². The van der Waals surface area contributed by atoms with Crippen molar-refractivity contribution in [3.63, 3.8) is 0 Å². The van der Waals surface area contributed by atoms with Crippen molar-refractivity contribution in [1.82, 2.24) is 15.0 Å². The molecule has 104 valence electrons. The van der Waals surface area contributed by atoms with Gasteiger partial charge in [0.2, 0.25) is 0 Å². The molecule has 0 bridgehead atoms. The highest BCUT2D eigenvalue weighted by atomic mass is 32.2. The van der Waals surface area contributed by atoms with E-state index >= 15 is 0 Å². The number of nitrogen functional groups attached to an aromatic ring is 1. The lowest BCUT2D eigenvalue weighted by molar-refractivity contribution is 1.08. The monoisotopic (exact) mass is 312 g/mol. The van der Waals surface area contributed by atoms with E-state index in [2.05, 4.69) is 40.1 Å². The van der Waals surface area contributed by atoms with Crippen LogP contribution in [0, 0.1) is 6.92 Å². The van der Waals surface area contributed by atoms with Crippen LogP contribution in [0.3, 0.4) is 0 Å². The fourth-order valence-electron chi connectivity index (χ4n) is 2.28.